The Morgan fingerprint density at radius 2 is 1.70 bits per heavy atom. The number of anilines is 1. The van der Waals surface area contributed by atoms with E-state index in [9.17, 15) is 18.0 Å². The van der Waals surface area contributed by atoms with E-state index in [1.807, 2.05) is 50.2 Å². The third-order valence-corrected chi connectivity index (χ3v) is 8.15. The minimum absolute atomic E-state index is 0.0149. The van der Waals surface area contributed by atoms with Crippen LogP contribution < -0.4 is 9.62 Å². The van der Waals surface area contributed by atoms with Gasteiger partial charge in [-0.3, -0.25) is 13.9 Å². The van der Waals surface area contributed by atoms with Gasteiger partial charge in [-0.1, -0.05) is 85.1 Å². The first kappa shape index (κ1) is 31.5. The van der Waals surface area contributed by atoms with Gasteiger partial charge < -0.3 is 10.2 Å². The molecule has 1 unspecified atom stereocenters. The Morgan fingerprint density at radius 3 is 2.33 bits per heavy atom. The van der Waals surface area contributed by atoms with Gasteiger partial charge in [-0.05, 0) is 54.3 Å². The SMILES string of the molecule is CCCCNC(=O)C(Cc1ccccc1)N(Cc1ccc(Cl)cc1Cl)C(=O)CN(c1cccc(C)c1)S(C)(=O)=O. The Labute approximate surface area is 247 Å². The summed E-state index contributed by atoms with van der Waals surface area (Å²) in [4.78, 5) is 29.1. The number of amides is 2. The van der Waals surface area contributed by atoms with Crippen molar-refractivity contribution >= 4 is 50.7 Å². The maximum Gasteiger partial charge on any atom is 0.244 e. The number of sulfonamides is 1. The summed E-state index contributed by atoms with van der Waals surface area (Å²) >= 11 is 12.6. The number of hydrogen-bond acceptors (Lipinski definition) is 4. The highest BCUT2D eigenvalue weighted by atomic mass is 35.5. The smallest absolute Gasteiger partial charge is 0.244 e. The van der Waals surface area contributed by atoms with Crippen LogP contribution in [-0.4, -0.2) is 50.5 Å². The van der Waals surface area contributed by atoms with Crippen LogP contribution in [0.2, 0.25) is 10.0 Å². The molecule has 10 heteroatoms. The molecule has 2 amide bonds. The molecule has 0 bridgehead atoms. The molecule has 0 fully saturated rings. The number of carbonyl (C=O) groups is 2. The summed E-state index contributed by atoms with van der Waals surface area (Å²) in [6.07, 6.45) is 2.98. The van der Waals surface area contributed by atoms with Crippen LogP contribution in [0.1, 0.15) is 36.5 Å². The first-order chi connectivity index (χ1) is 19.0. The van der Waals surface area contributed by atoms with Crippen molar-refractivity contribution in [3.8, 4) is 0 Å². The van der Waals surface area contributed by atoms with Gasteiger partial charge >= 0.3 is 0 Å². The summed E-state index contributed by atoms with van der Waals surface area (Å²) in [6, 6.07) is 20.3. The average Bonchev–Trinajstić information content (AvgIpc) is 2.90. The third-order valence-electron chi connectivity index (χ3n) is 6.43. The molecular weight excluding hydrogens is 569 g/mol. The largest absolute Gasteiger partial charge is 0.354 e. The fourth-order valence-corrected chi connectivity index (χ4v) is 5.60. The van der Waals surface area contributed by atoms with E-state index in [2.05, 4.69) is 5.32 Å². The number of halogens is 2. The van der Waals surface area contributed by atoms with Gasteiger partial charge in [0.05, 0.1) is 11.9 Å². The van der Waals surface area contributed by atoms with E-state index in [-0.39, 0.29) is 18.9 Å². The van der Waals surface area contributed by atoms with Crippen LogP contribution in [0, 0.1) is 6.92 Å². The first-order valence-corrected chi connectivity index (χ1v) is 15.7. The summed E-state index contributed by atoms with van der Waals surface area (Å²) in [5.41, 5.74) is 2.66. The fourth-order valence-electron chi connectivity index (χ4n) is 4.29. The molecule has 0 heterocycles. The molecule has 214 valence electrons. The monoisotopic (exact) mass is 603 g/mol. The number of rotatable bonds is 13. The second-order valence-corrected chi connectivity index (χ2v) is 12.5. The molecule has 0 spiro atoms. The highest BCUT2D eigenvalue weighted by Gasteiger charge is 2.33. The molecule has 3 aromatic carbocycles. The Bertz CT molecular complexity index is 1420. The number of benzene rings is 3. The van der Waals surface area contributed by atoms with Crippen molar-refractivity contribution in [1.29, 1.82) is 0 Å². The maximum absolute atomic E-state index is 14.1. The van der Waals surface area contributed by atoms with E-state index in [0.717, 1.165) is 34.5 Å². The topological polar surface area (TPSA) is 86.8 Å². The van der Waals surface area contributed by atoms with Crippen molar-refractivity contribution < 1.29 is 18.0 Å². The van der Waals surface area contributed by atoms with Gasteiger partial charge in [-0.25, -0.2) is 8.42 Å². The van der Waals surface area contributed by atoms with Crippen molar-refractivity contribution in [2.45, 2.75) is 45.7 Å². The van der Waals surface area contributed by atoms with Crippen molar-refractivity contribution in [1.82, 2.24) is 10.2 Å². The summed E-state index contributed by atoms with van der Waals surface area (Å²) in [6.45, 7) is 3.83. The van der Waals surface area contributed by atoms with Gasteiger partial charge in [0.25, 0.3) is 0 Å². The predicted octanol–water partition coefficient (Wildman–Crippen LogP) is 5.62. The van der Waals surface area contributed by atoms with E-state index < -0.39 is 28.5 Å². The van der Waals surface area contributed by atoms with Crippen molar-refractivity contribution in [3.63, 3.8) is 0 Å². The fraction of sp³-hybridized carbons (Fsp3) is 0.333. The van der Waals surface area contributed by atoms with Crippen LogP contribution in [0.4, 0.5) is 5.69 Å². The summed E-state index contributed by atoms with van der Waals surface area (Å²) in [5, 5.41) is 3.73. The molecule has 0 aliphatic carbocycles. The van der Waals surface area contributed by atoms with Gasteiger partial charge in [-0.15, -0.1) is 0 Å². The first-order valence-electron chi connectivity index (χ1n) is 13.1. The molecule has 0 saturated carbocycles. The van der Waals surface area contributed by atoms with Crippen LogP contribution in [0.5, 0.6) is 0 Å². The van der Waals surface area contributed by atoms with Gasteiger partial charge in [0.1, 0.15) is 12.6 Å². The Kier molecular flexibility index (Phi) is 11.4. The zero-order valence-electron chi connectivity index (χ0n) is 22.9. The van der Waals surface area contributed by atoms with E-state index in [0.29, 0.717) is 27.8 Å². The zero-order valence-corrected chi connectivity index (χ0v) is 25.3. The van der Waals surface area contributed by atoms with Crippen molar-refractivity contribution in [2.24, 2.45) is 0 Å². The van der Waals surface area contributed by atoms with Gasteiger partial charge in [-0.2, -0.15) is 0 Å². The highest BCUT2D eigenvalue weighted by molar-refractivity contribution is 7.92. The Morgan fingerprint density at radius 1 is 0.975 bits per heavy atom. The minimum atomic E-state index is -3.83. The standard InChI is InChI=1S/C30H35Cl2N3O4S/c1-4-5-16-33-30(37)28(18-23-11-7-6-8-12-23)34(20-24-14-15-25(31)19-27(24)32)29(36)21-35(40(3,38)39)26-13-9-10-22(2)17-26/h6-15,17,19,28H,4-5,16,18,20-21H2,1-3H3,(H,33,37). The number of nitrogens with zero attached hydrogens (tertiary/aromatic N) is 2. The van der Waals surface area contributed by atoms with Crippen molar-refractivity contribution in [2.75, 3.05) is 23.7 Å². The molecule has 0 saturated heterocycles. The summed E-state index contributed by atoms with van der Waals surface area (Å²) in [7, 11) is -3.83. The van der Waals surface area contributed by atoms with E-state index in [1.165, 1.54) is 4.90 Å². The number of nitrogens with one attached hydrogen (secondary N) is 1. The lowest BCUT2D eigenvalue weighted by Crippen LogP contribution is -2.53. The molecule has 0 radical (unpaired) electrons. The van der Waals surface area contributed by atoms with Crippen LogP contribution in [-0.2, 0) is 32.6 Å². The average molecular weight is 605 g/mol. The van der Waals surface area contributed by atoms with Crippen molar-refractivity contribution in [3.05, 3.63) is 99.5 Å². The lowest BCUT2D eigenvalue weighted by molar-refractivity contribution is -0.140. The van der Waals surface area contributed by atoms with Crippen LogP contribution in [0.3, 0.4) is 0 Å². The maximum atomic E-state index is 14.1. The predicted molar refractivity (Wildman–Crippen MR) is 162 cm³/mol. The molecule has 1 N–H and O–H groups in total. The Hall–Kier alpha value is -3.07. The van der Waals surface area contributed by atoms with Gasteiger partial charge in [0.2, 0.25) is 21.8 Å². The highest BCUT2D eigenvalue weighted by Crippen LogP contribution is 2.25. The molecule has 40 heavy (non-hydrogen) atoms. The summed E-state index contributed by atoms with van der Waals surface area (Å²) in [5.74, 6) is -0.860. The normalized spacial score (nSPS) is 12.0. The number of hydrogen-bond donors (Lipinski definition) is 1. The molecule has 0 aromatic heterocycles. The lowest BCUT2D eigenvalue weighted by Gasteiger charge is -2.33. The van der Waals surface area contributed by atoms with E-state index in [1.54, 1.807) is 36.4 Å². The summed E-state index contributed by atoms with van der Waals surface area (Å²) < 4.78 is 26.8. The van der Waals surface area contributed by atoms with Gasteiger partial charge in [0.15, 0.2) is 0 Å². The lowest BCUT2D eigenvalue weighted by atomic mass is 10.0. The van der Waals surface area contributed by atoms with Gasteiger partial charge in [0, 0.05) is 29.6 Å². The molecule has 1 atom stereocenters. The molecular formula is C30H35Cl2N3O4S. The van der Waals surface area contributed by atoms with Crippen LogP contribution in [0.25, 0.3) is 0 Å². The second-order valence-electron chi connectivity index (χ2n) is 9.72. The Balaban J connectivity index is 2.06. The van der Waals surface area contributed by atoms with Crippen LogP contribution in [0.15, 0.2) is 72.8 Å². The molecule has 7 nitrogen and oxygen atoms in total. The number of unbranched alkanes of at least 4 members (excludes halogenated alkanes) is 1. The number of carbonyl (C=O) groups excluding carboxylic acids is 2. The molecule has 0 aliphatic heterocycles. The third kappa shape index (κ3) is 8.98. The molecule has 3 aromatic rings. The zero-order chi connectivity index (χ0) is 29.3. The molecule has 3 rings (SSSR count). The molecule has 0 aliphatic rings. The van der Waals surface area contributed by atoms with E-state index >= 15 is 0 Å². The second kappa shape index (κ2) is 14.5. The number of aryl methyl sites for hydroxylation is 1. The van der Waals surface area contributed by atoms with Crippen LogP contribution >= 0.6 is 23.2 Å². The minimum Gasteiger partial charge on any atom is -0.354 e. The quantitative estimate of drug-likeness (QED) is 0.257. The van der Waals surface area contributed by atoms with E-state index in [4.69, 9.17) is 23.2 Å².